The molecule has 2 aliphatic heterocycles. The summed E-state index contributed by atoms with van der Waals surface area (Å²) in [6, 6.07) is 13.2. The molecule has 0 saturated carbocycles. The number of fused-ring (bicyclic) bond motifs is 1. The van der Waals surface area contributed by atoms with Crippen LogP contribution in [0.1, 0.15) is 28.8 Å². The van der Waals surface area contributed by atoms with Gasteiger partial charge in [-0.2, -0.15) is 0 Å². The van der Waals surface area contributed by atoms with E-state index in [0.717, 1.165) is 42.0 Å². The van der Waals surface area contributed by atoms with Crippen molar-refractivity contribution in [3.63, 3.8) is 0 Å². The number of rotatable bonds is 3. The first-order chi connectivity index (χ1) is 13.2. The first kappa shape index (κ1) is 18.1. The molecule has 0 radical (unpaired) electrons. The van der Waals surface area contributed by atoms with Crippen molar-refractivity contribution in [3.8, 4) is 5.75 Å². The van der Waals surface area contributed by atoms with Gasteiger partial charge in [0.15, 0.2) is 0 Å². The molecule has 0 atom stereocenters. The van der Waals surface area contributed by atoms with Gasteiger partial charge in [-0.1, -0.05) is 11.6 Å². The minimum Gasteiger partial charge on any atom is -0.490 e. The number of halogens is 1. The number of likely N-dealkylation sites (tertiary alicyclic amines) is 1. The number of nitrogens with zero attached hydrogens (tertiary/aromatic N) is 1. The number of ether oxygens (including phenoxy) is 2. The van der Waals surface area contributed by atoms with Crippen LogP contribution < -0.4 is 10.1 Å². The Morgan fingerprint density at radius 1 is 1.15 bits per heavy atom. The molecule has 5 nitrogen and oxygen atoms in total. The molecular weight excluding hydrogens is 364 g/mol. The molecular formula is C21H23ClN2O3. The van der Waals surface area contributed by atoms with E-state index in [2.05, 4.69) is 5.32 Å². The fourth-order valence-electron chi connectivity index (χ4n) is 3.52. The summed E-state index contributed by atoms with van der Waals surface area (Å²) in [4.78, 5) is 14.8. The largest absolute Gasteiger partial charge is 0.490 e. The number of piperidine rings is 1. The van der Waals surface area contributed by atoms with Crippen molar-refractivity contribution in [1.29, 1.82) is 0 Å². The summed E-state index contributed by atoms with van der Waals surface area (Å²) in [5, 5.41) is 4.03. The van der Waals surface area contributed by atoms with Crippen LogP contribution in [0.5, 0.6) is 5.75 Å². The molecule has 2 aliphatic rings. The second-order valence-corrected chi connectivity index (χ2v) is 7.35. The van der Waals surface area contributed by atoms with Crippen LogP contribution in [-0.2, 0) is 11.3 Å². The van der Waals surface area contributed by atoms with Crippen LogP contribution in [0.4, 0.5) is 5.69 Å². The summed E-state index contributed by atoms with van der Waals surface area (Å²) >= 11 is 5.91. The van der Waals surface area contributed by atoms with E-state index in [4.69, 9.17) is 21.1 Å². The summed E-state index contributed by atoms with van der Waals surface area (Å²) in [5.74, 6) is 0.898. The molecule has 6 heteroatoms. The van der Waals surface area contributed by atoms with Crippen LogP contribution in [0, 0.1) is 0 Å². The molecule has 2 heterocycles. The second-order valence-electron chi connectivity index (χ2n) is 6.91. The number of anilines is 1. The molecule has 2 aromatic carbocycles. The number of carbonyl (C=O) groups excluding carboxylic acids is 1. The molecule has 0 aliphatic carbocycles. The number of nitrogens with one attached hydrogen (secondary N) is 1. The van der Waals surface area contributed by atoms with Gasteiger partial charge in [-0.25, -0.2) is 0 Å². The summed E-state index contributed by atoms with van der Waals surface area (Å²) in [6.45, 7) is 3.41. The number of hydrogen-bond donors (Lipinski definition) is 1. The van der Waals surface area contributed by atoms with Crippen LogP contribution in [0.25, 0.3) is 0 Å². The van der Waals surface area contributed by atoms with Crippen molar-refractivity contribution < 1.29 is 14.3 Å². The number of amides is 1. The van der Waals surface area contributed by atoms with Crippen LogP contribution in [0.3, 0.4) is 0 Å². The van der Waals surface area contributed by atoms with Crippen LogP contribution in [-0.4, -0.2) is 43.2 Å². The van der Waals surface area contributed by atoms with Crippen molar-refractivity contribution in [2.75, 3.05) is 31.6 Å². The van der Waals surface area contributed by atoms with Crippen molar-refractivity contribution in [3.05, 3.63) is 58.6 Å². The standard InChI is InChI=1S/C21H23ClN2O3/c22-17-2-4-18(5-3-17)27-19-7-10-24(11-8-19)21(25)15-1-6-20-16(13-15)14-26-12-9-23-20/h1-6,13,19,23H,7-12,14H2. The SMILES string of the molecule is O=C(c1ccc2c(c1)COCCN2)N1CCC(Oc2ccc(Cl)cc2)CC1. The Balaban J connectivity index is 1.36. The van der Waals surface area contributed by atoms with E-state index in [1.165, 1.54) is 0 Å². The minimum absolute atomic E-state index is 0.0759. The van der Waals surface area contributed by atoms with Gasteiger partial charge in [-0.15, -0.1) is 0 Å². The molecule has 27 heavy (non-hydrogen) atoms. The Bertz CT molecular complexity index is 802. The third-order valence-electron chi connectivity index (χ3n) is 5.02. The lowest BCUT2D eigenvalue weighted by Crippen LogP contribution is -2.41. The molecule has 1 N–H and O–H groups in total. The van der Waals surface area contributed by atoms with Gasteiger partial charge >= 0.3 is 0 Å². The van der Waals surface area contributed by atoms with E-state index in [-0.39, 0.29) is 12.0 Å². The van der Waals surface area contributed by atoms with Gasteiger partial charge in [0.1, 0.15) is 11.9 Å². The molecule has 1 amide bonds. The second kappa shape index (κ2) is 8.19. The number of carbonyl (C=O) groups is 1. The average Bonchev–Trinajstić information content (AvgIpc) is 2.94. The predicted molar refractivity (Wildman–Crippen MR) is 106 cm³/mol. The normalized spacial score (nSPS) is 17.6. The minimum atomic E-state index is 0.0759. The lowest BCUT2D eigenvalue weighted by atomic mass is 10.0. The topological polar surface area (TPSA) is 50.8 Å². The van der Waals surface area contributed by atoms with Gasteiger partial charge in [0.25, 0.3) is 5.91 Å². The summed E-state index contributed by atoms with van der Waals surface area (Å²) < 4.78 is 11.6. The zero-order valence-electron chi connectivity index (χ0n) is 15.1. The Morgan fingerprint density at radius 2 is 1.93 bits per heavy atom. The smallest absolute Gasteiger partial charge is 0.253 e. The first-order valence-electron chi connectivity index (χ1n) is 9.35. The van der Waals surface area contributed by atoms with Gasteiger partial charge in [0.05, 0.1) is 13.2 Å². The Hall–Kier alpha value is -2.24. The number of hydrogen-bond acceptors (Lipinski definition) is 4. The van der Waals surface area contributed by atoms with Crippen LogP contribution >= 0.6 is 11.6 Å². The third-order valence-corrected chi connectivity index (χ3v) is 5.27. The van der Waals surface area contributed by atoms with Crippen molar-refractivity contribution in [1.82, 2.24) is 4.90 Å². The van der Waals surface area contributed by atoms with Gasteiger partial charge in [-0.3, -0.25) is 4.79 Å². The van der Waals surface area contributed by atoms with E-state index in [1.54, 1.807) is 0 Å². The van der Waals surface area contributed by atoms with E-state index < -0.39 is 0 Å². The highest BCUT2D eigenvalue weighted by molar-refractivity contribution is 6.30. The first-order valence-corrected chi connectivity index (χ1v) is 9.73. The van der Waals surface area contributed by atoms with Crippen molar-refractivity contribution in [2.45, 2.75) is 25.6 Å². The summed E-state index contributed by atoms with van der Waals surface area (Å²) in [6.07, 6.45) is 1.77. The predicted octanol–water partition coefficient (Wildman–Crippen LogP) is 3.97. The Morgan fingerprint density at radius 3 is 2.70 bits per heavy atom. The van der Waals surface area contributed by atoms with Crippen LogP contribution in [0.15, 0.2) is 42.5 Å². The zero-order chi connectivity index (χ0) is 18.6. The Kier molecular flexibility index (Phi) is 5.50. The lowest BCUT2D eigenvalue weighted by molar-refractivity contribution is 0.0595. The van der Waals surface area contributed by atoms with Gasteiger partial charge in [-0.05, 0) is 42.5 Å². The van der Waals surface area contributed by atoms with E-state index in [0.29, 0.717) is 31.3 Å². The zero-order valence-corrected chi connectivity index (χ0v) is 15.9. The highest BCUT2D eigenvalue weighted by Crippen LogP contribution is 2.24. The maximum atomic E-state index is 12.9. The quantitative estimate of drug-likeness (QED) is 0.867. The monoisotopic (exact) mass is 386 g/mol. The van der Waals surface area contributed by atoms with E-state index in [1.807, 2.05) is 47.4 Å². The van der Waals surface area contributed by atoms with Gasteiger partial charge in [0, 0.05) is 54.3 Å². The molecule has 4 rings (SSSR count). The highest BCUT2D eigenvalue weighted by atomic mass is 35.5. The molecule has 1 fully saturated rings. The van der Waals surface area contributed by atoms with E-state index in [9.17, 15) is 4.79 Å². The molecule has 0 aromatic heterocycles. The summed E-state index contributed by atoms with van der Waals surface area (Å²) in [5.41, 5.74) is 2.82. The fraction of sp³-hybridized carbons (Fsp3) is 0.381. The fourth-order valence-corrected chi connectivity index (χ4v) is 3.65. The lowest BCUT2D eigenvalue weighted by Gasteiger charge is -2.32. The van der Waals surface area contributed by atoms with Gasteiger partial charge < -0.3 is 19.7 Å². The molecule has 142 valence electrons. The molecule has 0 spiro atoms. The van der Waals surface area contributed by atoms with Crippen molar-refractivity contribution in [2.24, 2.45) is 0 Å². The maximum Gasteiger partial charge on any atom is 0.253 e. The average molecular weight is 387 g/mol. The molecule has 0 unspecified atom stereocenters. The third kappa shape index (κ3) is 4.37. The molecule has 2 aromatic rings. The van der Waals surface area contributed by atoms with Crippen LogP contribution in [0.2, 0.25) is 5.02 Å². The van der Waals surface area contributed by atoms with Crippen molar-refractivity contribution >= 4 is 23.2 Å². The highest BCUT2D eigenvalue weighted by Gasteiger charge is 2.25. The maximum absolute atomic E-state index is 12.9. The molecule has 0 bridgehead atoms. The van der Waals surface area contributed by atoms with E-state index >= 15 is 0 Å². The summed E-state index contributed by atoms with van der Waals surface area (Å²) in [7, 11) is 0. The number of benzene rings is 2. The Labute approximate surface area is 164 Å². The van der Waals surface area contributed by atoms with Gasteiger partial charge in [0.2, 0.25) is 0 Å². The molecule has 1 saturated heterocycles.